The van der Waals surface area contributed by atoms with E-state index < -0.39 is 15.9 Å². The average Bonchev–Trinajstić information content (AvgIpc) is 2.87. The fourth-order valence-electron chi connectivity index (χ4n) is 3.85. The molecule has 0 spiro atoms. The smallest absolute Gasteiger partial charge is 0.233 e. The Kier molecular flexibility index (Phi) is 8.41. The Bertz CT molecular complexity index is 1200. The van der Waals surface area contributed by atoms with Gasteiger partial charge in [0.05, 0.1) is 22.8 Å². The fraction of sp³-hybridized carbons (Fsp3) is 0.269. The van der Waals surface area contributed by atoms with Crippen molar-refractivity contribution in [3.63, 3.8) is 0 Å². The van der Waals surface area contributed by atoms with Crippen molar-refractivity contribution in [1.29, 1.82) is 0 Å². The molecule has 0 N–H and O–H groups in total. The molecule has 2 atom stereocenters. The molecule has 1 fully saturated rings. The summed E-state index contributed by atoms with van der Waals surface area (Å²) in [6, 6.07) is 22.4. The number of hydrogen-bond acceptors (Lipinski definition) is 6. The molecular weight excluding hydrogens is 490 g/mol. The molecule has 7 nitrogen and oxygen atoms in total. The van der Waals surface area contributed by atoms with Crippen molar-refractivity contribution in [2.24, 2.45) is 0 Å². The van der Waals surface area contributed by atoms with Gasteiger partial charge in [-0.15, -0.1) is 0 Å². The lowest BCUT2D eigenvalue weighted by atomic mass is 10.0. The quantitative estimate of drug-likeness (QED) is 0.278. The Labute approximate surface area is 210 Å². The highest BCUT2D eigenvalue weighted by Crippen LogP contribution is 2.26. The highest BCUT2D eigenvalue weighted by molar-refractivity contribution is 7.91. The molecule has 0 aliphatic carbocycles. The molecular formula is C26H26ClNO6S. The van der Waals surface area contributed by atoms with Crippen molar-refractivity contribution in [3.8, 4) is 11.5 Å². The summed E-state index contributed by atoms with van der Waals surface area (Å²) < 4.78 is 37.5. The molecule has 4 rings (SSSR count). The normalized spacial score (nSPS) is 18.1. The van der Waals surface area contributed by atoms with Gasteiger partial charge in [-0.05, 0) is 66.9 Å². The zero-order valence-corrected chi connectivity index (χ0v) is 20.5. The molecule has 0 saturated carbocycles. The summed E-state index contributed by atoms with van der Waals surface area (Å²) in [4.78, 5) is 17.5. The van der Waals surface area contributed by atoms with E-state index in [2.05, 4.69) is 0 Å². The van der Waals surface area contributed by atoms with Crippen LogP contribution in [0.2, 0.25) is 5.02 Å². The van der Waals surface area contributed by atoms with Gasteiger partial charge in [-0.3, -0.25) is 9.63 Å². The second-order valence-corrected chi connectivity index (χ2v) is 10.7. The highest BCUT2D eigenvalue weighted by Gasteiger charge is 2.31. The van der Waals surface area contributed by atoms with E-state index in [0.717, 1.165) is 5.56 Å². The minimum atomic E-state index is -3.61. The molecule has 184 valence electrons. The number of rotatable bonds is 10. The first kappa shape index (κ1) is 25.2. The Morgan fingerprint density at radius 1 is 0.971 bits per heavy atom. The van der Waals surface area contributed by atoms with Gasteiger partial charge >= 0.3 is 0 Å². The first-order valence-corrected chi connectivity index (χ1v) is 13.2. The molecule has 1 saturated heterocycles. The first-order chi connectivity index (χ1) is 16.9. The molecule has 0 bridgehead atoms. The van der Waals surface area contributed by atoms with Crippen LogP contribution in [0.15, 0.2) is 83.8 Å². The van der Waals surface area contributed by atoms with E-state index in [1.807, 2.05) is 30.3 Å². The number of halogens is 1. The van der Waals surface area contributed by atoms with E-state index in [9.17, 15) is 13.2 Å². The minimum absolute atomic E-state index is 0.180. The summed E-state index contributed by atoms with van der Waals surface area (Å²) in [7, 11) is -3.61. The molecule has 1 heterocycles. The number of hydrogen-bond donors (Lipinski definition) is 0. The number of ether oxygens (including phenoxy) is 2. The third kappa shape index (κ3) is 7.05. The van der Waals surface area contributed by atoms with Crippen LogP contribution in [-0.2, 0) is 30.8 Å². The van der Waals surface area contributed by atoms with Crippen LogP contribution in [0.3, 0.4) is 0 Å². The largest absolute Gasteiger partial charge is 0.457 e. The molecule has 0 aromatic heterocycles. The number of sulfone groups is 1. The zero-order chi connectivity index (χ0) is 24.7. The highest BCUT2D eigenvalue weighted by atomic mass is 35.5. The number of hydroxylamine groups is 2. The first-order valence-electron chi connectivity index (χ1n) is 11.2. The van der Waals surface area contributed by atoms with Crippen LogP contribution in [0, 0.1) is 0 Å². The standard InChI is InChI=1S/C26H26ClNO6S/c27-21-6-8-23(9-7-21)34-24-10-12-26(13-11-24)35(30,31)18-25-16-22(14-15-32-25)28(19-29)33-17-20-4-2-1-3-5-20/h1-13,19,22,25H,14-18H2. The van der Waals surface area contributed by atoms with Crippen LogP contribution in [0.1, 0.15) is 18.4 Å². The Morgan fingerprint density at radius 3 is 2.29 bits per heavy atom. The van der Waals surface area contributed by atoms with Crippen LogP contribution in [-0.4, -0.2) is 44.4 Å². The van der Waals surface area contributed by atoms with Gasteiger partial charge in [0.25, 0.3) is 0 Å². The third-order valence-electron chi connectivity index (χ3n) is 5.66. The topological polar surface area (TPSA) is 82.1 Å². The van der Waals surface area contributed by atoms with Crippen molar-refractivity contribution >= 4 is 27.8 Å². The predicted octanol–water partition coefficient (Wildman–Crippen LogP) is 5.04. The van der Waals surface area contributed by atoms with Crippen molar-refractivity contribution in [1.82, 2.24) is 5.06 Å². The van der Waals surface area contributed by atoms with Crippen LogP contribution in [0.25, 0.3) is 0 Å². The summed E-state index contributed by atoms with van der Waals surface area (Å²) in [5.41, 5.74) is 0.939. The maximum Gasteiger partial charge on any atom is 0.233 e. The summed E-state index contributed by atoms with van der Waals surface area (Å²) in [5, 5.41) is 1.88. The van der Waals surface area contributed by atoms with Crippen LogP contribution in [0.4, 0.5) is 0 Å². The van der Waals surface area contributed by atoms with Crippen molar-refractivity contribution in [3.05, 3.63) is 89.4 Å². The lowest BCUT2D eigenvalue weighted by molar-refractivity contribution is -0.204. The van der Waals surface area contributed by atoms with E-state index in [4.69, 9.17) is 25.9 Å². The van der Waals surface area contributed by atoms with E-state index in [-0.39, 0.29) is 23.3 Å². The lowest BCUT2D eigenvalue weighted by Gasteiger charge is -2.34. The van der Waals surface area contributed by atoms with Crippen molar-refractivity contribution < 1.29 is 27.5 Å². The van der Waals surface area contributed by atoms with Gasteiger partial charge < -0.3 is 9.47 Å². The van der Waals surface area contributed by atoms with Gasteiger partial charge in [0, 0.05) is 11.6 Å². The van der Waals surface area contributed by atoms with Crippen LogP contribution >= 0.6 is 11.6 Å². The maximum atomic E-state index is 13.0. The SMILES string of the molecule is O=CN(OCc1ccccc1)C1CCOC(CS(=O)(=O)c2ccc(Oc3ccc(Cl)cc3)cc2)C1. The molecule has 35 heavy (non-hydrogen) atoms. The lowest BCUT2D eigenvalue weighted by Crippen LogP contribution is -2.43. The van der Waals surface area contributed by atoms with E-state index in [1.165, 1.54) is 17.2 Å². The molecule has 1 aliphatic heterocycles. The number of amides is 1. The number of carbonyl (C=O) groups is 1. The minimum Gasteiger partial charge on any atom is -0.457 e. The van der Waals surface area contributed by atoms with Gasteiger partial charge in [-0.25, -0.2) is 13.5 Å². The zero-order valence-electron chi connectivity index (χ0n) is 19.0. The molecule has 0 radical (unpaired) electrons. The van der Waals surface area contributed by atoms with Gasteiger partial charge in [0.2, 0.25) is 6.41 Å². The van der Waals surface area contributed by atoms with Gasteiger partial charge in [0.15, 0.2) is 9.84 Å². The third-order valence-corrected chi connectivity index (χ3v) is 7.72. The fourth-order valence-corrected chi connectivity index (χ4v) is 5.44. The van der Waals surface area contributed by atoms with Crippen LogP contribution < -0.4 is 4.74 Å². The molecule has 2 unspecified atom stereocenters. The second kappa shape index (κ2) is 11.7. The molecule has 1 aliphatic rings. The molecule has 3 aromatic carbocycles. The number of carbonyl (C=O) groups excluding carboxylic acids is 1. The number of benzene rings is 3. The van der Waals surface area contributed by atoms with Gasteiger partial charge in [-0.1, -0.05) is 41.9 Å². The predicted molar refractivity (Wildman–Crippen MR) is 132 cm³/mol. The number of nitrogens with zero attached hydrogens (tertiary/aromatic N) is 1. The van der Waals surface area contributed by atoms with E-state index in [0.29, 0.717) is 42.4 Å². The Morgan fingerprint density at radius 2 is 1.63 bits per heavy atom. The Balaban J connectivity index is 1.34. The summed E-state index contributed by atoms with van der Waals surface area (Å²) in [5.74, 6) is 0.921. The van der Waals surface area contributed by atoms with Crippen molar-refractivity contribution in [2.75, 3.05) is 12.4 Å². The summed E-state index contributed by atoms with van der Waals surface area (Å²) in [6.07, 6.45) is 1.03. The Hall–Kier alpha value is -2.91. The van der Waals surface area contributed by atoms with Crippen LogP contribution in [0.5, 0.6) is 11.5 Å². The summed E-state index contributed by atoms with van der Waals surface area (Å²) >= 11 is 5.88. The van der Waals surface area contributed by atoms with Gasteiger partial charge in [0.1, 0.15) is 18.1 Å². The molecule has 3 aromatic rings. The van der Waals surface area contributed by atoms with Gasteiger partial charge in [-0.2, -0.15) is 0 Å². The molecule has 1 amide bonds. The van der Waals surface area contributed by atoms with E-state index in [1.54, 1.807) is 36.4 Å². The average molecular weight is 516 g/mol. The summed E-state index contributed by atoms with van der Waals surface area (Å²) in [6.45, 7) is 0.599. The maximum absolute atomic E-state index is 13.0. The monoisotopic (exact) mass is 515 g/mol. The van der Waals surface area contributed by atoms with Crippen molar-refractivity contribution in [2.45, 2.75) is 36.5 Å². The molecule has 9 heteroatoms. The van der Waals surface area contributed by atoms with E-state index >= 15 is 0 Å². The second-order valence-electron chi connectivity index (χ2n) is 8.20.